The molecule has 1 N–H and O–H groups in total. The van der Waals surface area contributed by atoms with Crippen LogP contribution in [0.25, 0.3) is 27.5 Å². The molecule has 0 amide bonds. The van der Waals surface area contributed by atoms with Gasteiger partial charge in [-0.15, -0.1) is 0 Å². The molecule has 0 aliphatic rings. The molecular formula is C16H10BrN3S. The van der Waals surface area contributed by atoms with Gasteiger partial charge in [-0.2, -0.15) is 0 Å². The first kappa shape index (κ1) is 12.7. The number of H-pyrrole nitrogens is 1. The van der Waals surface area contributed by atoms with Gasteiger partial charge < -0.3 is 4.98 Å². The summed E-state index contributed by atoms with van der Waals surface area (Å²) in [5.41, 5.74) is 3.14. The van der Waals surface area contributed by atoms with E-state index in [1.165, 1.54) is 0 Å². The zero-order valence-electron chi connectivity index (χ0n) is 10.9. The van der Waals surface area contributed by atoms with Crippen molar-refractivity contribution in [3.8, 4) is 5.69 Å². The Labute approximate surface area is 134 Å². The van der Waals surface area contributed by atoms with E-state index >= 15 is 0 Å². The first-order valence-corrected chi connectivity index (χ1v) is 7.67. The summed E-state index contributed by atoms with van der Waals surface area (Å²) in [5, 5.41) is 2.23. The van der Waals surface area contributed by atoms with E-state index in [2.05, 4.69) is 48.7 Å². The van der Waals surface area contributed by atoms with Gasteiger partial charge >= 0.3 is 0 Å². The maximum absolute atomic E-state index is 5.52. The van der Waals surface area contributed by atoms with Crippen molar-refractivity contribution in [2.75, 3.05) is 0 Å². The van der Waals surface area contributed by atoms with Crippen LogP contribution < -0.4 is 0 Å². The maximum atomic E-state index is 5.52. The van der Waals surface area contributed by atoms with Crippen LogP contribution in [0.3, 0.4) is 0 Å². The number of rotatable bonds is 1. The smallest absolute Gasteiger partial charge is 0.182 e. The number of fused-ring (bicyclic) bond motifs is 2. The van der Waals surface area contributed by atoms with Crippen LogP contribution in [0.4, 0.5) is 0 Å². The zero-order chi connectivity index (χ0) is 14.4. The fourth-order valence-corrected chi connectivity index (χ4v) is 3.27. The summed E-state index contributed by atoms with van der Waals surface area (Å²) in [6.45, 7) is 0. The highest BCUT2D eigenvalue weighted by atomic mass is 79.9. The zero-order valence-corrected chi connectivity index (χ0v) is 13.3. The standard InChI is InChI=1S/C16H10BrN3S/c17-11-4-5-13-15(8-11)20(16(21)19-13)14-3-1-2-10-9-18-7-6-12(10)14/h1-9H,(H,19,21). The Balaban J connectivity index is 2.16. The summed E-state index contributed by atoms with van der Waals surface area (Å²) in [6, 6.07) is 14.3. The second-order valence-corrected chi connectivity index (χ2v) is 6.10. The van der Waals surface area contributed by atoms with Gasteiger partial charge in [-0.05, 0) is 42.5 Å². The van der Waals surface area contributed by atoms with Crippen molar-refractivity contribution in [3.05, 3.63) is 64.1 Å². The Hall–Kier alpha value is -1.98. The van der Waals surface area contributed by atoms with Gasteiger partial charge in [0, 0.05) is 27.6 Å². The molecular weight excluding hydrogens is 346 g/mol. The van der Waals surface area contributed by atoms with E-state index < -0.39 is 0 Å². The molecule has 0 saturated carbocycles. The predicted molar refractivity (Wildman–Crippen MR) is 91.5 cm³/mol. The number of aromatic nitrogens is 3. The Morgan fingerprint density at radius 3 is 2.95 bits per heavy atom. The van der Waals surface area contributed by atoms with Crippen molar-refractivity contribution in [3.63, 3.8) is 0 Å². The molecule has 21 heavy (non-hydrogen) atoms. The van der Waals surface area contributed by atoms with Crippen LogP contribution in [0, 0.1) is 4.77 Å². The molecule has 0 unspecified atom stereocenters. The van der Waals surface area contributed by atoms with Crippen LogP contribution in [0.1, 0.15) is 0 Å². The highest BCUT2D eigenvalue weighted by Crippen LogP contribution is 2.27. The molecule has 5 heteroatoms. The molecule has 0 radical (unpaired) electrons. The van der Waals surface area contributed by atoms with Crippen LogP contribution in [0.2, 0.25) is 0 Å². The topological polar surface area (TPSA) is 33.6 Å². The summed E-state index contributed by atoms with van der Waals surface area (Å²) >= 11 is 9.04. The molecule has 102 valence electrons. The second-order valence-electron chi connectivity index (χ2n) is 4.80. The minimum atomic E-state index is 0.687. The number of hydrogen-bond acceptors (Lipinski definition) is 2. The van der Waals surface area contributed by atoms with Gasteiger partial charge in [-0.3, -0.25) is 9.55 Å². The van der Waals surface area contributed by atoms with E-state index in [1.807, 2.05) is 30.5 Å². The Bertz CT molecular complexity index is 1030. The fraction of sp³-hybridized carbons (Fsp3) is 0. The van der Waals surface area contributed by atoms with Gasteiger partial charge in [0.25, 0.3) is 0 Å². The van der Waals surface area contributed by atoms with Crippen molar-refractivity contribution in [1.29, 1.82) is 0 Å². The molecule has 3 nitrogen and oxygen atoms in total. The molecule has 2 aromatic heterocycles. The van der Waals surface area contributed by atoms with Crippen LogP contribution in [-0.4, -0.2) is 14.5 Å². The minimum absolute atomic E-state index is 0.687. The molecule has 0 aliphatic carbocycles. The number of imidazole rings is 1. The van der Waals surface area contributed by atoms with Crippen LogP contribution >= 0.6 is 28.1 Å². The predicted octanol–water partition coefficient (Wildman–Crippen LogP) is 5.00. The lowest BCUT2D eigenvalue weighted by molar-refractivity contribution is 1.08. The van der Waals surface area contributed by atoms with Gasteiger partial charge in [0.2, 0.25) is 0 Å². The lowest BCUT2D eigenvalue weighted by Gasteiger charge is -2.08. The lowest BCUT2D eigenvalue weighted by Crippen LogP contribution is -1.95. The molecule has 4 rings (SSSR count). The van der Waals surface area contributed by atoms with E-state index in [9.17, 15) is 0 Å². The monoisotopic (exact) mass is 355 g/mol. The van der Waals surface area contributed by atoms with E-state index in [0.717, 1.165) is 32.0 Å². The fourth-order valence-electron chi connectivity index (χ4n) is 2.62. The molecule has 0 bridgehead atoms. The van der Waals surface area contributed by atoms with Gasteiger partial charge in [-0.25, -0.2) is 0 Å². The van der Waals surface area contributed by atoms with Crippen LogP contribution in [0.5, 0.6) is 0 Å². The Morgan fingerprint density at radius 2 is 2.05 bits per heavy atom. The van der Waals surface area contributed by atoms with E-state index in [4.69, 9.17) is 12.2 Å². The molecule has 0 spiro atoms. The summed E-state index contributed by atoms with van der Waals surface area (Å²) in [5.74, 6) is 0. The van der Waals surface area contributed by atoms with Crippen molar-refractivity contribution >= 4 is 50.0 Å². The number of hydrogen-bond donors (Lipinski definition) is 1. The summed E-state index contributed by atoms with van der Waals surface area (Å²) in [4.78, 5) is 7.44. The highest BCUT2D eigenvalue weighted by molar-refractivity contribution is 9.10. The van der Waals surface area contributed by atoms with Crippen LogP contribution in [-0.2, 0) is 0 Å². The number of halogens is 1. The molecule has 0 aliphatic heterocycles. The van der Waals surface area contributed by atoms with Gasteiger partial charge in [0.1, 0.15) is 0 Å². The Kier molecular flexibility index (Phi) is 2.90. The van der Waals surface area contributed by atoms with Crippen molar-refractivity contribution in [1.82, 2.24) is 14.5 Å². The first-order chi connectivity index (χ1) is 10.2. The molecule has 0 atom stereocenters. The first-order valence-electron chi connectivity index (χ1n) is 6.47. The lowest BCUT2D eigenvalue weighted by atomic mass is 10.1. The third-order valence-electron chi connectivity index (χ3n) is 3.54. The number of aromatic amines is 1. The van der Waals surface area contributed by atoms with Gasteiger partial charge in [0.05, 0.1) is 16.7 Å². The quantitative estimate of drug-likeness (QED) is 0.487. The number of nitrogens with one attached hydrogen (secondary N) is 1. The largest absolute Gasteiger partial charge is 0.330 e. The molecule has 2 aromatic carbocycles. The van der Waals surface area contributed by atoms with E-state index in [1.54, 1.807) is 6.20 Å². The number of benzene rings is 2. The second kappa shape index (κ2) is 4.79. The third-order valence-corrected chi connectivity index (χ3v) is 4.32. The minimum Gasteiger partial charge on any atom is -0.330 e. The SMILES string of the molecule is S=c1[nH]c2ccc(Br)cc2n1-c1cccc2cnccc12. The number of nitrogens with zero attached hydrogens (tertiary/aromatic N) is 2. The summed E-state index contributed by atoms with van der Waals surface area (Å²) < 4.78 is 3.78. The molecule has 2 heterocycles. The van der Waals surface area contributed by atoms with Crippen molar-refractivity contribution in [2.45, 2.75) is 0 Å². The maximum Gasteiger partial charge on any atom is 0.182 e. The van der Waals surface area contributed by atoms with Crippen LogP contribution in [0.15, 0.2) is 59.3 Å². The van der Waals surface area contributed by atoms with E-state index in [0.29, 0.717) is 4.77 Å². The van der Waals surface area contributed by atoms with Gasteiger partial charge in [0.15, 0.2) is 4.77 Å². The van der Waals surface area contributed by atoms with Crippen molar-refractivity contribution in [2.24, 2.45) is 0 Å². The molecule has 0 saturated heterocycles. The molecule has 0 fully saturated rings. The average molecular weight is 356 g/mol. The average Bonchev–Trinajstić information content (AvgIpc) is 2.82. The van der Waals surface area contributed by atoms with E-state index in [-0.39, 0.29) is 0 Å². The summed E-state index contributed by atoms with van der Waals surface area (Å²) in [6.07, 6.45) is 3.67. The Morgan fingerprint density at radius 1 is 1.14 bits per heavy atom. The number of pyridine rings is 1. The highest BCUT2D eigenvalue weighted by Gasteiger charge is 2.09. The van der Waals surface area contributed by atoms with Crippen molar-refractivity contribution < 1.29 is 0 Å². The summed E-state index contributed by atoms with van der Waals surface area (Å²) in [7, 11) is 0. The normalized spacial score (nSPS) is 11.3. The third kappa shape index (κ3) is 2.01. The molecule has 4 aromatic rings. The van der Waals surface area contributed by atoms with Gasteiger partial charge in [-0.1, -0.05) is 28.1 Å².